The van der Waals surface area contributed by atoms with Crippen molar-refractivity contribution < 1.29 is 23.9 Å². The van der Waals surface area contributed by atoms with E-state index >= 15 is 0 Å². The molecule has 0 aromatic heterocycles. The Bertz CT molecular complexity index is 971. The molecule has 2 aromatic carbocycles. The van der Waals surface area contributed by atoms with Crippen molar-refractivity contribution in [3.05, 3.63) is 53.6 Å². The van der Waals surface area contributed by atoms with Crippen LogP contribution in [0.25, 0.3) is 0 Å². The van der Waals surface area contributed by atoms with Crippen LogP contribution in [-0.4, -0.2) is 36.8 Å². The fraction of sp³-hybridized carbons (Fsp3) is 0.238. The summed E-state index contributed by atoms with van der Waals surface area (Å²) in [5.74, 6) is -2.01. The predicted octanol–water partition coefficient (Wildman–Crippen LogP) is 1.27. The first-order chi connectivity index (χ1) is 14.3. The Morgan fingerprint density at radius 2 is 1.67 bits per heavy atom. The summed E-state index contributed by atoms with van der Waals surface area (Å²) in [6.07, 6.45) is 0.0389. The summed E-state index contributed by atoms with van der Waals surface area (Å²) in [6.45, 7) is 2.63. The number of amides is 4. The van der Waals surface area contributed by atoms with E-state index in [4.69, 9.17) is 16.2 Å². The predicted molar refractivity (Wildman–Crippen MR) is 110 cm³/mol. The molecule has 5 N–H and O–H groups in total. The Hall–Kier alpha value is -3.88. The second kappa shape index (κ2) is 8.64. The lowest BCUT2D eigenvalue weighted by Crippen LogP contribution is -2.28. The highest BCUT2D eigenvalue weighted by Crippen LogP contribution is 2.28. The van der Waals surface area contributed by atoms with Gasteiger partial charge >= 0.3 is 0 Å². The van der Waals surface area contributed by atoms with Crippen molar-refractivity contribution in [3.63, 3.8) is 0 Å². The maximum atomic E-state index is 12.7. The average molecular weight is 410 g/mol. The number of rotatable bonds is 7. The van der Waals surface area contributed by atoms with Gasteiger partial charge in [0.15, 0.2) is 0 Å². The Labute approximate surface area is 173 Å². The van der Waals surface area contributed by atoms with Gasteiger partial charge in [0.2, 0.25) is 23.6 Å². The number of hydrogen-bond donors (Lipinski definition) is 3. The Morgan fingerprint density at radius 1 is 1.07 bits per heavy atom. The minimum atomic E-state index is -0.758. The summed E-state index contributed by atoms with van der Waals surface area (Å²) >= 11 is 0. The Morgan fingerprint density at radius 3 is 2.20 bits per heavy atom. The van der Waals surface area contributed by atoms with Crippen LogP contribution in [-0.2, 0) is 9.59 Å². The van der Waals surface area contributed by atoms with E-state index in [9.17, 15) is 19.2 Å². The first-order valence-corrected chi connectivity index (χ1v) is 9.37. The molecule has 1 aliphatic rings. The lowest BCUT2D eigenvalue weighted by Gasteiger charge is -2.17. The molecule has 2 aromatic rings. The molecule has 30 heavy (non-hydrogen) atoms. The number of nitrogens with zero attached hydrogens (tertiary/aromatic N) is 1. The SMILES string of the molecule is CCOc1ccc(N2CC(C(=O)Nc3cc(C(N)=O)cc(C(N)=O)c3)CC2=O)cc1. The van der Waals surface area contributed by atoms with Crippen molar-refractivity contribution in [2.24, 2.45) is 17.4 Å². The van der Waals surface area contributed by atoms with Gasteiger partial charge in [-0.3, -0.25) is 19.2 Å². The Kier molecular flexibility index (Phi) is 6.01. The van der Waals surface area contributed by atoms with E-state index in [0.717, 1.165) is 0 Å². The summed E-state index contributed by atoms with van der Waals surface area (Å²) in [5, 5.41) is 2.64. The summed E-state index contributed by atoms with van der Waals surface area (Å²) in [7, 11) is 0. The third-order valence-corrected chi connectivity index (χ3v) is 4.72. The van der Waals surface area contributed by atoms with Crippen LogP contribution in [0.1, 0.15) is 34.1 Å². The number of nitrogens with one attached hydrogen (secondary N) is 1. The van der Waals surface area contributed by atoms with Gasteiger partial charge in [0, 0.05) is 35.5 Å². The number of anilines is 2. The smallest absolute Gasteiger partial charge is 0.248 e. The molecule has 0 bridgehead atoms. The molecule has 4 amide bonds. The second-order valence-electron chi connectivity index (χ2n) is 6.85. The van der Waals surface area contributed by atoms with Crippen molar-refractivity contribution in [3.8, 4) is 5.75 Å². The van der Waals surface area contributed by atoms with E-state index in [-0.39, 0.29) is 35.7 Å². The molecule has 9 nitrogen and oxygen atoms in total. The van der Waals surface area contributed by atoms with Gasteiger partial charge in [-0.1, -0.05) is 0 Å². The van der Waals surface area contributed by atoms with E-state index in [2.05, 4.69) is 5.32 Å². The zero-order valence-electron chi connectivity index (χ0n) is 16.4. The van der Waals surface area contributed by atoms with Gasteiger partial charge in [0.05, 0.1) is 12.5 Å². The van der Waals surface area contributed by atoms with Gasteiger partial charge < -0.3 is 26.4 Å². The summed E-state index contributed by atoms with van der Waals surface area (Å²) in [6, 6.07) is 11.0. The third-order valence-electron chi connectivity index (χ3n) is 4.72. The Balaban J connectivity index is 1.73. The molecule has 1 atom stereocenters. The highest BCUT2D eigenvalue weighted by molar-refractivity contribution is 6.05. The van der Waals surface area contributed by atoms with Crippen LogP contribution in [0.15, 0.2) is 42.5 Å². The molecule has 0 saturated carbocycles. The minimum absolute atomic E-state index is 0.0389. The van der Waals surface area contributed by atoms with Crippen molar-refractivity contribution in [2.45, 2.75) is 13.3 Å². The lowest BCUT2D eigenvalue weighted by molar-refractivity contribution is -0.122. The van der Waals surface area contributed by atoms with Crippen molar-refractivity contribution in [1.82, 2.24) is 0 Å². The highest BCUT2D eigenvalue weighted by atomic mass is 16.5. The number of nitrogens with two attached hydrogens (primary N) is 2. The number of carbonyl (C=O) groups is 4. The standard InChI is InChI=1S/C21H22N4O5/c1-2-30-17-5-3-16(4-6-17)25-11-14(10-18(25)26)21(29)24-15-8-12(19(22)27)7-13(9-15)20(23)28/h3-9,14H,2,10-11H2,1H3,(H2,22,27)(H2,23,28)(H,24,29). The first kappa shape index (κ1) is 20.8. The number of primary amides is 2. The quantitative estimate of drug-likeness (QED) is 0.629. The average Bonchev–Trinajstić information content (AvgIpc) is 3.10. The minimum Gasteiger partial charge on any atom is -0.494 e. The lowest BCUT2D eigenvalue weighted by atomic mass is 10.1. The van der Waals surface area contributed by atoms with Gasteiger partial charge in [-0.15, -0.1) is 0 Å². The summed E-state index contributed by atoms with van der Waals surface area (Å²) < 4.78 is 5.40. The van der Waals surface area contributed by atoms with Crippen molar-refractivity contribution >= 4 is 35.0 Å². The summed E-state index contributed by atoms with van der Waals surface area (Å²) in [5.41, 5.74) is 11.5. The molecule has 1 unspecified atom stereocenters. The van der Waals surface area contributed by atoms with Crippen LogP contribution in [0.3, 0.4) is 0 Å². The molecular weight excluding hydrogens is 388 g/mol. The molecule has 0 spiro atoms. The molecule has 1 saturated heterocycles. The topological polar surface area (TPSA) is 145 Å². The number of carbonyl (C=O) groups excluding carboxylic acids is 4. The number of hydrogen-bond acceptors (Lipinski definition) is 5. The van der Waals surface area contributed by atoms with Gasteiger partial charge in [0.25, 0.3) is 0 Å². The van der Waals surface area contributed by atoms with E-state index in [0.29, 0.717) is 18.0 Å². The normalized spacial score (nSPS) is 15.7. The molecule has 1 aliphatic heterocycles. The van der Waals surface area contributed by atoms with Gasteiger partial charge in [-0.05, 0) is 49.4 Å². The molecule has 0 radical (unpaired) electrons. The van der Waals surface area contributed by atoms with Gasteiger partial charge in [-0.2, -0.15) is 0 Å². The van der Waals surface area contributed by atoms with Crippen LogP contribution < -0.4 is 26.4 Å². The van der Waals surface area contributed by atoms with Gasteiger partial charge in [0.1, 0.15) is 5.75 Å². The van der Waals surface area contributed by atoms with E-state index in [1.807, 2.05) is 6.92 Å². The number of benzene rings is 2. The summed E-state index contributed by atoms with van der Waals surface area (Å²) in [4.78, 5) is 49.6. The molecule has 0 aliphatic carbocycles. The maximum absolute atomic E-state index is 12.7. The second-order valence-corrected chi connectivity index (χ2v) is 6.85. The van der Waals surface area contributed by atoms with Crippen molar-refractivity contribution in [1.29, 1.82) is 0 Å². The molecule has 156 valence electrons. The van der Waals surface area contributed by atoms with Crippen LogP contribution in [0, 0.1) is 5.92 Å². The molecule has 3 rings (SSSR count). The fourth-order valence-electron chi connectivity index (χ4n) is 3.25. The molecular formula is C21H22N4O5. The zero-order chi connectivity index (χ0) is 21.8. The van der Waals surface area contributed by atoms with E-state index < -0.39 is 23.6 Å². The molecule has 1 fully saturated rings. The third kappa shape index (κ3) is 4.57. The molecule has 9 heteroatoms. The van der Waals surface area contributed by atoms with Crippen LogP contribution in [0.5, 0.6) is 5.75 Å². The van der Waals surface area contributed by atoms with Crippen LogP contribution in [0.2, 0.25) is 0 Å². The monoisotopic (exact) mass is 410 g/mol. The van der Waals surface area contributed by atoms with Crippen LogP contribution in [0.4, 0.5) is 11.4 Å². The first-order valence-electron chi connectivity index (χ1n) is 9.37. The largest absolute Gasteiger partial charge is 0.494 e. The maximum Gasteiger partial charge on any atom is 0.248 e. The van der Waals surface area contributed by atoms with E-state index in [1.165, 1.54) is 23.1 Å². The van der Waals surface area contributed by atoms with Crippen molar-refractivity contribution in [2.75, 3.05) is 23.4 Å². The van der Waals surface area contributed by atoms with Crippen LogP contribution >= 0.6 is 0 Å². The zero-order valence-corrected chi connectivity index (χ0v) is 16.4. The van der Waals surface area contributed by atoms with E-state index in [1.54, 1.807) is 24.3 Å². The molecule has 1 heterocycles. The van der Waals surface area contributed by atoms with Gasteiger partial charge in [-0.25, -0.2) is 0 Å². The number of ether oxygens (including phenoxy) is 1. The fourth-order valence-corrected chi connectivity index (χ4v) is 3.25. The highest BCUT2D eigenvalue weighted by Gasteiger charge is 2.35.